The van der Waals surface area contributed by atoms with E-state index in [1.165, 1.54) is 0 Å². The Morgan fingerprint density at radius 1 is 1.00 bits per heavy atom. The zero-order chi connectivity index (χ0) is 18.7. The lowest BCUT2D eigenvalue weighted by atomic mass is 10.1. The molecule has 0 spiro atoms. The largest absolute Gasteiger partial charge is 0.325 e. The van der Waals surface area contributed by atoms with Gasteiger partial charge in [-0.1, -0.05) is 52.3 Å². The first kappa shape index (κ1) is 18.4. The van der Waals surface area contributed by atoms with Gasteiger partial charge in [0.05, 0.1) is 11.9 Å². The molecule has 134 valence electrons. The summed E-state index contributed by atoms with van der Waals surface area (Å²) in [5, 5.41) is 4.41. The molecule has 1 N–H and O–H groups in total. The highest BCUT2D eigenvalue weighted by atomic mass is 79.9. The first-order valence-electron chi connectivity index (χ1n) is 7.85. The van der Waals surface area contributed by atoms with Crippen LogP contribution in [-0.4, -0.2) is 27.1 Å². The first-order chi connectivity index (χ1) is 12.3. The normalized spacial score (nSPS) is 11.3. The summed E-state index contributed by atoms with van der Waals surface area (Å²) in [5.41, 5.74) is 1.08. The second-order valence-corrected chi connectivity index (χ2v) is 8.65. The number of benzene rings is 3. The van der Waals surface area contributed by atoms with Crippen LogP contribution in [0.3, 0.4) is 0 Å². The lowest BCUT2D eigenvalue weighted by molar-refractivity contribution is -0.114. The van der Waals surface area contributed by atoms with Crippen LogP contribution in [0.15, 0.2) is 71.2 Å². The molecule has 3 aromatic rings. The van der Waals surface area contributed by atoms with Gasteiger partial charge in [-0.25, -0.2) is 8.42 Å². The second-order valence-electron chi connectivity index (χ2n) is 5.82. The fourth-order valence-corrected chi connectivity index (χ4v) is 3.80. The number of halogens is 1. The average molecular weight is 433 g/mol. The van der Waals surface area contributed by atoms with Gasteiger partial charge in [0.2, 0.25) is 15.9 Å². The van der Waals surface area contributed by atoms with Crippen molar-refractivity contribution < 1.29 is 13.2 Å². The monoisotopic (exact) mass is 432 g/mol. The number of carbonyl (C=O) groups is 1. The molecule has 26 heavy (non-hydrogen) atoms. The minimum Gasteiger partial charge on any atom is -0.325 e. The molecule has 0 aliphatic rings. The molecule has 0 saturated carbocycles. The van der Waals surface area contributed by atoms with Gasteiger partial charge in [0.15, 0.2) is 0 Å². The minimum atomic E-state index is -3.64. The smallest absolute Gasteiger partial charge is 0.245 e. The topological polar surface area (TPSA) is 66.5 Å². The van der Waals surface area contributed by atoms with E-state index < -0.39 is 15.9 Å². The van der Waals surface area contributed by atoms with Gasteiger partial charge in [-0.15, -0.1) is 0 Å². The van der Waals surface area contributed by atoms with Gasteiger partial charge in [0.1, 0.15) is 6.54 Å². The third-order valence-electron chi connectivity index (χ3n) is 3.85. The Morgan fingerprint density at radius 3 is 2.35 bits per heavy atom. The maximum atomic E-state index is 12.4. The van der Waals surface area contributed by atoms with E-state index in [-0.39, 0.29) is 6.54 Å². The fourth-order valence-electron chi connectivity index (χ4n) is 2.67. The van der Waals surface area contributed by atoms with Gasteiger partial charge >= 0.3 is 0 Å². The average Bonchev–Trinajstić information content (AvgIpc) is 2.60. The van der Waals surface area contributed by atoms with E-state index in [4.69, 9.17) is 0 Å². The predicted octanol–water partition coefficient (Wildman–Crippen LogP) is 4.01. The van der Waals surface area contributed by atoms with Crippen LogP contribution in [0.25, 0.3) is 10.8 Å². The Balaban J connectivity index is 1.91. The molecule has 0 bridgehead atoms. The Kier molecular flexibility index (Phi) is 5.29. The number of hydrogen-bond acceptors (Lipinski definition) is 3. The molecule has 0 unspecified atom stereocenters. The molecule has 0 aliphatic heterocycles. The lowest BCUT2D eigenvalue weighted by Crippen LogP contribution is -2.37. The molecule has 0 saturated heterocycles. The van der Waals surface area contributed by atoms with E-state index in [1.807, 2.05) is 30.3 Å². The Labute approximate surface area is 160 Å². The maximum Gasteiger partial charge on any atom is 0.245 e. The number of sulfonamides is 1. The standard InChI is InChI=1S/C19H17BrN2O3S/c1-26(24,25)22(13-19(23)21-16-11-9-15(20)10-12-16)18-8-4-6-14-5-2-3-7-17(14)18/h2-12H,13H2,1H3,(H,21,23). The van der Waals surface area contributed by atoms with Crippen molar-refractivity contribution >= 4 is 54.0 Å². The van der Waals surface area contributed by atoms with Crippen LogP contribution in [-0.2, 0) is 14.8 Å². The van der Waals surface area contributed by atoms with Gasteiger partial charge in [0.25, 0.3) is 0 Å². The van der Waals surface area contributed by atoms with E-state index in [9.17, 15) is 13.2 Å². The predicted molar refractivity (Wildman–Crippen MR) is 109 cm³/mol. The number of amides is 1. The van der Waals surface area contributed by atoms with Gasteiger partial charge in [-0.05, 0) is 35.7 Å². The number of hydrogen-bond donors (Lipinski definition) is 1. The zero-order valence-corrected chi connectivity index (χ0v) is 16.4. The summed E-state index contributed by atoms with van der Waals surface area (Å²) in [6.07, 6.45) is 1.10. The molecule has 0 radical (unpaired) electrons. The number of carbonyl (C=O) groups excluding carboxylic acids is 1. The van der Waals surface area contributed by atoms with Crippen molar-refractivity contribution in [3.05, 3.63) is 71.2 Å². The van der Waals surface area contributed by atoms with Crippen LogP contribution in [0.5, 0.6) is 0 Å². The molecule has 0 heterocycles. The van der Waals surface area contributed by atoms with E-state index in [0.717, 1.165) is 25.8 Å². The Hall–Kier alpha value is -2.38. The number of anilines is 2. The summed E-state index contributed by atoms with van der Waals surface area (Å²) >= 11 is 3.33. The van der Waals surface area contributed by atoms with E-state index in [2.05, 4.69) is 21.2 Å². The number of nitrogens with one attached hydrogen (secondary N) is 1. The molecular weight excluding hydrogens is 416 g/mol. The van der Waals surface area contributed by atoms with Crippen molar-refractivity contribution in [3.63, 3.8) is 0 Å². The van der Waals surface area contributed by atoms with Crippen LogP contribution < -0.4 is 9.62 Å². The van der Waals surface area contributed by atoms with Gasteiger partial charge in [-0.2, -0.15) is 0 Å². The molecule has 1 amide bonds. The van der Waals surface area contributed by atoms with Crippen molar-refractivity contribution in [2.75, 3.05) is 22.4 Å². The van der Waals surface area contributed by atoms with E-state index >= 15 is 0 Å². The maximum absolute atomic E-state index is 12.4. The summed E-state index contributed by atoms with van der Waals surface area (Å²) in [6.45, 7) is -0.303. The molecular formula is C19H17BrN2O3S. The molecule has 0 atom stereocenters. The van der Waals surface area contributed by atoms with Crippen molar-refractivity contribution in [3.8, 4) is 0 Å². The van der Waals surface area contributed by atoms with Crippen LogP contribution in [0.4, 0.5) is 11.4 Å². The third-order valence-corrected chi connectivity index (χ3v) is 5.51. The number of rotatable bonds is 5. The number of fused-ring (bicyclic) bond motifs is 1. The molecule has 0 aliphatic carbocycles. The second kappa shape index (κ2) is 7.47. The summed E-state index contributed by atoms with van der Waals surface area (Å²) in [7, 11) is -3.64. The van der Waals surface area contributed by atoms with Crippen LogP contribution >= 0.6 is 15.9 Å². The Bertz CT molecular complexity index is 1040. The number of nitrogens with zero attached hydrogens (tertiary/aromatic N) is 1. The van der Waals surface area contributed by atoms with Crippen molar-refractivity contribution in [1.29, 1.82) is 0 Å². The third kappa shape index (κ3) is 4.23. The van der Waals surface area contributed by atoms with E-state index in [1.54, 1.807) is 36.4 Å². The molecule has 3 rings (SSSR count). The van der Waals surface area contributed by atoms with Crippen molar-refractivity contribution in [2.24, 2.45) is 0 Å². The van der Waals surface area contributed by atoms with Crippen LogP contribution in [0.1, 0.15) is 0 Å². The van der Waals surface area contributed by atoms with Gasteiger partial charge < -0.3 is 5.32 Å². The van der Waals surface area contributed by atoms with Crippen molar-refractivity contribution in [1.82, 2.24) is 0 Å². The van der Waals surface area contributed by atoms with Gasteiger partial charge in [-0.3, -0.25) is 9.10 Å². The fraction of sp³-hybridized carbons (Fsp3) is 0.105. The minimum absolute atomic E-state index is 0.303. The van der Waals surface area contributed by atoms with Crippen LogP contribution in [0, 0.1) is 0 Å². The molecule has 5 nitrogen and oxygen atoms in total. The summed E-state index contributed by atoms with van der Waals surface area (Å²) in [5.74, 6) is -0.411. The van der Waals surface area contributed by atoms with E-state index in [0.29, 0.717) is 11.4 Å². The van der Waals surface area contributed by atoms with Crippen LogP contribution in [0.2, 0.25) is 0 Å². The first-order valence-corrected chi connectivity index (χ1v) is 10.5. The molecule has 3 aromatic carbocycles. The quantitative estimate of drug-likeness (QED) is 0.662. The molecule has 7 heteroatoms. The van der Waals surface area contributed by atoms with Crippen molar-refractivity contribution in [2.45, 2.75) is 0 Å². The zero-order valence-electron chi connectivity index (χ0n) is 14.0. The Morgan fingerprint density at radius 2 is 1.65 bits per heavy atom. The highest BCUT2D eigenvalue weighted by molar-refractivity contribution is 9.10. The molecule has 0 fully saturated rings. The lowest BCUT2D eigenvalue weighted by Gasteiger charge is -2.23. The molecule has 0 aromatic heterocycles. The summed E-state index contributed by atoms with van der Waals surface area (Å²) in [6, 6.07) is 19.9. The van der Waals surface area contributed by atoms with Gasteiger partial charge in [0, 0.05) is 15.5 Å². The SMILES string of the molecule is CS(=O)(=O)N(CC(=O)Nc1ccc(Br)cc1)c1cccc2ccccc12. The summed E-state index contributed by atoms with van der Waals surface area (Å²) < 4.78 is 26.7. The summed E-state index contributed by atoms with van der Waals surface area (Å²) in [4.78, 5) is 12.4. The highest BCUT2D eigenvalue weighted by Crippen LogP contribution is 2.28. The highest BCUT2D eigenvalue weighted by Gasteiger charge is 2.22.